The number of pyridine rings is 1. The van der Waals surface area contributed by atoms with Crippen LogP contribution in [-0.2, 0) is 14.8 Å². The second kappa shape index (κ2) is 4.03. The highest BCUT2D eigenvalue weighted by Crippen LogP contribution is 2.21. The SMILES string of the molecule is O=C1CCCN1S(=O)(=O)c1ccc(Cl)nc1. The lowest BCUT2D eigenvalue weighted by Gasteiger charge is -2.15. The van der Waals surface area contributed by atoms with Gasteiger partial charge in [-0.25, -0.2) is 17.7 Å². The van der Waals surface area contributed by atoms with Gasteiger partial charge in [-0.05, 0) is 18.6 Å². The molecule has 7 heteroatoms. The molecule has 2 heterocycles. The molecule has 0 spiro atoms. The third kappa shape index (κ3) is 1.90. The van der Waals surface area contributed by atoms with Crippen LogP contribution < -0.4 is 0 Å². The first-order valence-corrected chi connectivity index (χ1v) is 6.51. The summed E-state index contributed by atoms with van der Waals surface area (Å²) in [5.41, 5.74) is 0. The number of hydrogen-bond donors (Lipinski definition) is 0. The van der Waals surface area contributed by atoms with Gasteiger partial charge in [0.05, 0.1) is 0 Å². The second-order valence-electron chi connectivity index (χ2n) is 3.39. The maximum absolute atomic E-state index is 12.0. The van der Waals surface area contributed by atoms with E-state index < -0.39 is 10.0 Å². The maximum Gasteiger partial charge on any atom is 0.268 e. The van der Waals surface area contributed by atoms with Crippen LogP contribution in [-0.4, -0.2) is 30.2 Å². The average Bonchev–Trinajstić information content (AvgIpc) is 2.66. The summed E-state index contributed by atoms with van der Waals surface area (Å²) in [5.74, 6) is -0.366. The van der Waals surface area contributed by atoms with E-state index in [0.717, 1.165) is 10.5 Å². The Hall–Kier alpha value is -1.14. The predicted molar refractivity (Wildman–Crippen MR) is 57.4 cm³/mol. The molecule has 1 saturated heterocycles. The molecule has 0 bridgehead atoms. The van der Waals surface area contributed by atoms with Crippen molar-refractivity contribution in [2.24, 2.45) is 0 Å². The van der Waals surface area contributed by atoms with E-state index in [9.17, 15) is 13.2 Å². The van der Waals surface area contributed by atoms with Crippen molar-refractivity contribution in [3.8, 4) is 0 Å². The molecule has 0 N–H and O–H groups in total. The Bertz CT molecular complexity index is 512. The van der Waals surface area contributed by atoms with E-state index in [1.807, 2.05) is 0 Å². The smallest absolute Gasteiger partial charge is 0.268 e. The van der Waals surface area contributed by atoms with Crippen molar-refractivity contribution in [1.82, 2.24) is 9.29 Å². The summed E-state index contributed by atoms with van der Waals surface area (Å²) >= 11 is 5.56. The summed E-state index contributed by atoms with van der Waals surface area (Å²) in [6.07, 6.45) is 2.00. The number of rotatable bonds is 2. The normalized spacial score (nSPS) is 16.8. The molecule has 0 radical (unpaired) electrons. The topological polar surface area (TPSA) is 67.3 Å². The van der Waals surface area contributed by atoms with Gasteiger partial charge in [-0.3, -0.25) is 4.79 Å². The van der Waals surface area contributed by atoms with E-state index in [1.54, 1.807) is 0 Å². The molecule has 0 aromatic carbocycles. The second-order valence-corrected chi connectivity index (χ2v) is 5.64. The van der Waals surface area contributed by atoms with E-state index in [1.165, 1.54) is 12.1 Å². The number of halogens is 1. The molecule has 16 heavy (non-hydrogen) atoms. The van der Waals surface area contributed by atoms with Crippen LogP contribution in [0.5, 0.6) is 0 Å². The Labute approximate surface area is 98.1 Å². The average molecular weight is 261 g/mol. The van der Waals surface area contributed by atoms with E-state index in [-0.39, 0.29) is 28.9 Å². The molecule has 0 saturated carbocycles. The van der Waals surface area contributed by atoms with Crippen molar-refractivity contribution >= 4 is 27.5 Å². The number of sulfonamides is 1. The first-order chi connectivity index (χ1) is 7.51. The zero-order chi connectivity index (χ0) is 11.8. The summed E-state index contributed by atoms with van der Waals surface area (Å²) in [6, 6.07) is 2.73. The lowest BCUT2D eigenvalue weighted by atomic mass is 10.4. The van der Waals surface area contributed by atoms with Crippen molar-refractivity contribution in [2.75, 3.05) is 6.54 Å². The van der Waals surface area contributed by atoms with Crippen LogP contribution in [0.4, 0.5) is 0 Å². The number of carbonyl (C=O) groups excluding carboxylic acids is 1. The molecule has 86 valence electrons. The number of aromatic nitrogens is 1. The first-order valence-electron chi connectivity index (χ1n) is 4.69. The molecular formula is C9H9ClN2O3S. The molecule has 1 aromatic rings. The Morgan fingerprint density at radius 2 is 2.12 bits per heavy atom. The fourth-order valence-corrected chi connectivity index (χ4v) is 3.04. The van der Waals surface area contributed by atoms with Gasteiger partial charge in [-0.2, -0.15) is 0 Å². The van der Waals surface area contributed by atoms with Crippen molar-refractivity contribution in [3.05, 3.63) is 23.5 Å². The molecule has 1 aliphatic heterocycles. The number of hydrogen-bond acceptors (Lipinski definition) is 4. The van der Waals surface area contributed by atoms with Crippen molar-refractivity contribution in [3.63, 3.8) is 0 Å². The highest BCUT2D eigenvalue weighted by atomic mass is 35.5. The molecule has 5 nitrogen and oxygen atoms in total. The van der Waals surface area contributed by atoms with Crippen LogP contribution >= 0.6 is 11.6 Å². The van der Waals surface area contributed by atoms with Crippen LogP contribution in [0.2, 0.25) is 5.15 Å². The number of nitrogens with zero attached hydrogens (tertiary/aromatic N) is 2. The summed E-state index contributed by atoms with van der Waals surface area (Å²) in [5, 5.41) is 0.215. The third-order valence-corrected chi connectivity index (χ3v) is 4.35. The molecule has 1 amide bonds. The molecule has 0 aliphatic carbocycles. The van der Waals surface area contributed by atoms with Crippen LogP contribution in [0.3, 0.4) is 0 Å². The van der Waals surface area contributed by atoms with Crippen LogP contribution in [0, 0.1) is 0 Å². The van der Waals surface area contributed by atoms with Gasteiger partial charge in [-0.1, -0.05) is 11.6 Å². The molecule has 1 aromatic heterocycles. The zero-order valence-electron chi connectivity index (χ0n) is 8.26. The van der Waals surface area contributed by atoms with Gasteiger partial charge < -0.3 is 0 Å². The minimum atomic E-state index is -3.74. The van der Waals surface area contributed by atoms with Gasteiger partial charge in [0.1, 0.15) is 10.0 Å². The summed E-state index contributed by atoms with van der Waals surface area (Å²) in [4.78, 5) is 15.0. The van der Waals surface area contributed by atoms with E-state index in [0.29, 0.717) is 6.42 Å². The van der Waals surface area contributed by atoms with E-state index in [4.69, 9.17) is 11.6 Å². The third-order valence-electron chi connectivity index (χ3n) is 2.32. The largest absolute Gasteiger partial charge is 0.274 e. The number of carbonyl (C=O) groups is 1. The van der Waals surface area contributed by atoms with Crippen LogP contribution in [0.1, 0.15) is 12.8 Å². The minimum Gasteiger partial charge on any atom is -0.274 e. The Balaban J connectivity index is 2.39. The van der Waals surface area contributed by atoms with Gasteiger partial charge >= 0.3 is 0 Å². The van der Waals surface area contributed by atoms with Gasteiger partial charge in [0.2, 0.25) is 5.91 Å². The van der Waals surface area contributed by atoms with E-state index in [2.05, 4.69) is 4.98 Å². The predicted octanol–water partition coefficient (Wildman–Crippen LogP) is 1.05. The van der Waals surface area contributed by atoms with Crippen molar-refractivity contribution in [2.45, 2.75) is 17.7 Å². The minimum absolute atomic E-state index is 0.00727. The maximum atomic E-state index is 12.0. The Morgan fingerprint density at radius 1 is 1.38 bits per heavy atom. The Kier molecular flexibility index (Phi) is 2.86. The molecule has 1 fully saturated rings. The lowest BCUT2D eigenvalue weighted by Crippen LogP contribution is -2.31. The first kappa shape index (κ1) is 11.3. The summed E-state index contributed by atoms with van der Waals surface area (Å²) < 4.78 is 24.8. The number of amides is 1. The Morgan fingerprint density at radius 3 is 2.62 bits per heavy atom. The molecule has 1 aliphatic rings. The van der Waals surface area contributed by atoms with Crippen molar-refractivity contribution < 1.29 is 13.2 Å². The molecule has 0 unspecified atom stereocenters. The fraction of sp³-hybridized carbons (Fsp3) is 0.333. The molecule has 2 rings (SSSR count). The summed E-state index contributed by atoms with van der Waals surface area (Å²) in [6.45, 7) is 0.240. The van der Waals surface area contributed by atoms with Gasteiger partial charge in [0.25, 0.3) is 10.0 Å². The highest BCUT2D eigenvalue weighted by Gasteiger charge is 2.32. The van der Waals surface area contributed by atoms with Gasteiger partial charge in [0.15, 0.2) is 0 Å². The molecule has 0 atom stereocenters. The fourth-order valence-electron chi connectivity index (χ4n) is 1.52. The van der Waals surface area contributed by atoms with E-state index >= 15 is 0 Å². The van der Waals surface area contributed by atoms with Crippen LogP contribution in [0.15, 0.2) is 23.2 Å². The summed E-state index contributed by atoms with van der Waals surface area (Å²) in [7, 11) is -3.74. The lowest BCUT2D eigenvalue weighted by molar-refractivity contribution is -0.123. The zero-order valence-corrected chi connectivity index (χ0v) is 9.83. The standard InChI is InChI=1S/C9H9ClN2O3S/c10-8-4-3-7(6-11-8)16(14,15)12-5-1-2-9(12)13/h3-4,6H,1-2,5H2. The monoisotopic (exact) mass is 260 g/mol. The van der Waals surface area contributed by atoms with Crippen LogP contribution in [0.25, 0.3) is 0 Å². The van der Waals surface area contributed by atoms with Gasteiger partial charge in [-0.15, -0.1) is 0 Å². The molecular weight excluding hydrogens is 252 g/mol. The quantitative estimate of drug-likeness (QED) is 0.746. The van der Waals surface area contributed by atoms with Crippen molar-refractivity contribution in [1.29, 1.82) is 0 Å². The van der Waals surface area contributed by atoms with Gasteiger partial charge in [0, 0.05) is 19.2 Å². The highest BCUT2D eigenvalue weighted by molar-refractivity contribution is 7.89.